The van der Waals surface area contributed by atoms with Gasteiger partial charge >= 0.3 is 11.7 Å². The molecule has 1 aromatic rings. The molecule has 0 aliphatic carbocycles. The number of hydrogen-bond donors (Lipinski definition) is 0. The van der Waals surface area contributed by atoms with Crippen LogP contribution in [-0.2, 0) is 4.74 Å². The molecule has 0 atom stereocenters. The number of esters is 1. The number of methoxy groups -OCH3 is 1. The van der Waals surface area contributed by atoms with E-state index in [1.165, 1.54) is 6.08 Å². The van der Waals surface area contributed by atoms with Crippen molar-refractivity contribution in [3.8, 4) is 5.88 Å². The van der Waals surface area contributed by atoms with Crippen molar-refractivity contribution in [3.05, 3.63) is 40.1 Å². The summed E-state index contributed by atoms with van der Waals surface area (Å²) in [6, 6.07) is 0.563. The number of carbonyl (C=O) groups is 1. The van der Waals surface area contributed by atoms with E-state index >= 15 is 0 Å². The zero-order valence-electron chi connectivity index (χ0n) is 11.0. The maximum Gasteiger partial charge on any atom is 0.364 e. The lowest BCUT2D eigenvalue weighted by atomic mass is 10.2. The van der Waals surface area contributed by atoms with Crippen molar-refractivity contribution < 1.29 is 28.0 Å². The summed E-state index contributed by atoms with van der Waals surface area (Å²) in [6.07, 6.45) is -1.19. The molecular formula is C12H12F2N2O5. The number of pyridine rings is 1. The number of hydrogen-bond acceptors (Lipinski definition) is 6. The minimum absolute atomic E-state index is 0.00531. The number of rotatable bonds is 7. The molecule has 1 heterocycles. The minimum Gasteiger partial charge on any atom is -0.477 e. The second-order valence-corrected chi connectivity index (χ2v) is 3.73. The van der Waals surface area contributed by atoms with Crippen molar-refractivity contribution in [2.75, 3.05) is 13.7 Å². The highest BCUT2D eigenvalue weighted by Gasteiger charge is 2.29. The third kappa shape index (κ3) is 3.94. The molecule has 0 amide bonds. The highest BCUT2D eigenvalue weighted by molar-refractivity contribution is 5.92. The Morgan fingerprint density at radius 3 is 2.76 bits per heavy atom. The van der Waals surface area contributed by atoms with Crippen LogP contribution in [0.4, 0.5) is 14.5 Å². The SMILES string of the molecule is C=CCCOc1nc(C(=O)OC)c([N+](=O)[O-])cc1C(F)F. The fraction of sp³-hybridized carbons (Fsp3) is 0.333. The van der Waals surface area contributed by atoms with Crippen LogP contribution in [0.2, 0.25) is 0 Å². The van der Waals surface area contributed by atoms with Gasteiger partial charge in [-0.15, -0.1) is 6.58 Å². The van der Waals surface area contributed by atoms with Crippen LogP contribution in [0, 0.1) is 10.1 Å². The Kier molecular flexibility index (Phi) is 5.70. The van der Waals surface area contributed by atoms with E-state index < -0.39 is 40.1 Å². The van der Waals surface area contributed by atoms with Gasteiger partial charge in [-0.05, 0) is 6.42 Å². The van der Waals surface area contributed by atoms with Crippen molar-refractivity contribution in [2.45, 2.75) is 12.8 Å². The molecule has 0 radical (unpaired) electrons. The van der Waals surface area contributed by atoms with Gasteiger partial charge in [0.1, 0.15) is 0 Å². The van der Waals surface area contributed by atoms with E-state index in [0.717, 1.165) is 7.11 Å². The van der Waals surface area contributed by atoms with Gasteiger partial charge in [-0.2, -0.15) is 4.98 Å². The number of nitrogens with zero attached hydrogens (tertiary/aromatic N) is 2. The van der Waals surface area contributed by atoms with Gasteiger partial charge in [-0.3, -0.25) is 10.1 Å². The molecule has 0 spiro atoms. The van der Waals surface area contributed by atoms with E-state index in [9.17, 15) is 23.7 Å². The van der Waals surface area contributed by atoms with Crippen LogP contribution in [0.15, 0.2) is 18.7 Å². The molecule has 0 bridgehead atoms. The summed E-state index contributed by atoms with van der Waals surface area (Å²) in [5.74, 6) is -1.66. The highest BCUT2D eigenvalue weighted by Crippen LogP contribution is 2.32. The summed E-state index contributed by atoms with van der Waals surface area (Å²) in [5, 5.41) is 10.8. The van der Waals surface area contributed by atoms with Gasteiger partial charge < -0.3 is 9.47 Å². The summed E-state index contributed by atoms with van der Waals surface area (Å²) >= 11 is 0. The molecule has 0 N–H and O–H groups in total. The third-order valence-corrected chi connectivity index (χ3v) is 2.37. The molecule has 0 aliphatic heterocycles. The molecule has 1 rings (SSSR count). The maximum atomic E-state index is 12.9. The first kappa shape index (κ1) is 16.5. The van der Waals surface area contributed by atoms with Crippen LogP contribution >= 0.6 is 0 Å². The third-order valence-electron chi connectivity index (χ3n) is 2.37. The summed E-state index contributed by atoms with van der Waals surface area (Å²) in [4.78, 5) is 24.8. The monoisotopic (exact) mass is 302 g/mol. The molecule has 9 heteroatoms. The minimum atomic E-state index is -3.04. The molecule has 114 valence electrons. The largest absolute Gasteiger partial charge is 0.477 e. The molecule has 21 heavy (non-hydrogen) atoms. The summed E-state index contributed by atoms with van der Waals surface area (Å²) in [7, 11) is 0.993. The van der Waals surface area contributed by atoms with Gasteiger partial charge in [0.05, 0.1) is 24.2 Å². The Morgan fingerprint density at radius 1 is 1.62 bits per heavy atom. The lowest BCUT2D eigenvalue weighted by Crippen LogP contribution is -2.12. The van der Waals surface area contributed by atoms with E-state index in [4.69, 9.17) is 4.74 Å². The van der Waals surface area contributed by atoms with E-state index in [2.05, 4.69) is 16.3 Å². The van der Waals surface area contributed by atoms with Gasteiger partial charge in [-0.1, -0.05) is 6.08 Å². The van der Waals surface area contributed by atoms with Crippen molar-refractivity contribution >= 4 is 11.7 Å². The van der Waals surface area contributed by atoms with E-state index in [1.54, 1.807) is 0 Å². The average molecular weight is 302 g/mol. The lowest BCUT2D eigenvalue weighted by Gasteiger charge is -2.11. The maximum absolute atomic E-state index is 12.9. The van der Waals surface area contributed by atoms with E-state index in [-0.39, 0.29) is 6.61 Å². The molecule has 0 unspecified atom stereocenters. The van der Waals surface area contributed by atoms with Gasteiger partial charge in [0.25, 0.3) is 6.43 Å². The van der Waals surface area contributed by atoms with Gasteiger partial charge in [0.2, 0.25) is 11.6 Å². The summed E-state index contributed by atoms with van der Waals surface area (Å²) < 4.78 is 35.2. The molecule has 7 nitrogen and oxygen atoms in total. The van der Waals surface area contributed by atoms with E-state index in [1.807, 2.05) is 0 Å². The van der Waals surface area contributed by atoms with Gasteiger partial charge in [-0.25, -0.2) is 13.6 Å². The first-order valence-corrected chi connectivity index (χ1v) is 5.71. The number of carbonyl (C=O) groups excluding carboxylic acids is 1. The zero-order valence-corrected chi connectivity index (χ0v) is 11.0. The first-order valence-electron chi connectivity index (χ1n) is 5.71. The topological polar surface area (TPSA) is 91.6 Å². The van der Waals surface area contributed by atoms with Crippen LogP contribution in [0.5, 0.6) is 5.88 Å². The Hall–Kier alpha value is -2.58. The number of aromatic nitrogens is 1. The van der Waals surface area contributed by atoms with Crippen LogP contribution in [-0.4, -0.2) is 29.6 Å². The fourth-order valence-corrected chi connectivity index (χ4v) is 1.40. The molecule has 0 aromatic carbocycles. The number of alkyl halides is 2. The van der Waals surface area contributed by atoms with Crippen molar-refractivity contribution in [2.24, 2.45) is 0 Å². The second kappa shape index (κ2) is 7.27. The van der Waals surface area contributed by atoms with Gasteiger partial charge in [0, 0.05) is 6.07 Å². The number of ether oxygens (including phenoxy) is 2. The zero-order chi connectivity index (χ0) is 16.0. The Labute approximate surface area is 118 Å². The number of nitro groups is 1. The normalized spacial score (nSPS) is 10.3. The predicted octanol–water partition coefficient (Wildman–Crippen LogP) is 2.67. The van der Waals surface area contributed by atoms with Crippen molar-refractivity contribution in [3.63, 3.8) is 0 Å². The Balaban J connectivity index is 3.36. The molecule has 0 saturated carbocycles. The standard InChI is InChI=1S/C12H12F2N2O5/c1-3-4-5-21-11-7(10(13)14)6-8(16(18)19)9(15-11)12(17)20-2/h3,6,10H,1,4-5H2,2H3. The van der Waals surface area contributed by atoms with Crippen molar-refractivity contribution in [1.29, 1.82) is 0 Å². The van der Waals surface area contributed by atoms with Crippen LogP contribution in [0.3, 0.4) is 0 Å². The van der Waals surface area contributed by atoms with Crippen LogP contribution in [0.25, 0.3) is 0 Å². The van der Waals surface area contributed by atoms with Crippen LogP contribution in [0.1, 0.15) is 28.9 Å². The summed E-state index contributed by atoms with van der Waals surface area (Å²) in [5.41, 5.74) is -2.33. The molecule has 1 aromatic heterocycles. The first-order chi connectivity index (χ1) is 9.92. The molecule has 0 saturated heterocycles. The fourth-order valence-electron chi connectivity index (χ4n) is 1.40. The van der Waals surface area contributed by atoms with Crippen molar-refractivity contribution in [1.82, 2.24) is 4.98 Å². The van der Waals surface area contributed by atoms with E-state index in [0.29, 0.717) is 12.5 Å². The molecule has 0 aliphatic rings. The molecule has 0 fully saturated rings. The average Bonchev–Trinajstić information content (AvgIpc) is 2.45. The lowest BCUT2D eigenvalue weighted by molar-refractivity contribution is -0.385. The Bertz CT molecular complexity index is 563. The summed E-state index contributed by atoms with van der Waals surface area (Å²) in [6.45, 7) is 3.43. The smallest absolute Gasteiger partial charge is 0.364 e. The number of halogens is 2. The second-order valence-electron chi connectivity index (χ2n) is 3.73. The van der Waals surface area contributed by atoms with Gasteiger partial charge in [0.15, 0.2) is 0 Å². The highest BCUT2D eigenvalue weighted by atomic mass is 19.3. The molecular weight excluding hydrogens is 290 g/mol. The Morgan fingerprint density at radius 2 is 2.29 bits per heavy atom. The quantitative estimate of drug-likeness (QED) is 0.253. The van der Waals surface area contributed by atoms with Crippen LogP contribution < -0.4 is 4.74 Å². The predicted molar refractivity (Wildman–Crippen MR) is 67.5 cm³/mol.